The number of likely N-dealkylation sites (N-methyl/N-ethyl adjacent to an activating group) is 1. The number of benzene rings is 1. The van der Waals surface area contributed by atoms with Gasteiger partial charge in [-0.25, -0.2) is 10.2 Å². The van der Waals surface area contributed by atoms with Crippen LogP contribution in [-0.2, 0) is 56.3 Å². The van der Waals surface area contributed by atoms with Crippen LogP contribution in [0.15, 0.2) is 49.2 Å². The molecule has 0 aliphatic carbocycles. The molecule has 74 heavy (non-hydrogen) atoms. The number of cyclic esters (lactones) is 1. The van der Waals surface area contributed by atoms with Crippen molar-refractivity contribution in [2.24, 2.45) is 11.3 Å². The van der Waals surface area contributed by atoms with Crippen molar-refractivity contribution >= 4 is 66.8 Å². The van der Waals surface area contributed by atoms with Gasteiger partial charge >= 0.3 is 12.0 Å². The van der Waals surface area contributed by atoms with Crippen LogP contribution >= 0.6 is 0 Å². The monoisotopic (exact) mass is 1050 g/mol. The molecule has 3 aromatic rings. The molecule has 20 heteroatoms. The van der Waals surface area contributed by atoms with Gasteiger partial charge in [-0.05, 0) is 108 Å². The fourth-order valence-corrected chi connectivity index (χ4v) is 12.5. The molecule has 5 atom stereocenters. The summed E-state index contributed by atoms with van der Waals surface area (Å²) < 4.78 is 27.4. The maximum atomic E-state index is 15.1. The van der Waals surface area contributed by atoms with Gasteiger partial charge in [0, 0.05) is 93.6 Å². The van der Waals surface area contributed by atoms with Crippen molar-refractivity contribution in [3.63, 3.8) is 0 Å². The maximum absolute atomic E-state index is 15.1. The van der Waals surface area contributed by atoms with Gasteiger partial charge in [-0.2, -0.15) is 0 Å². The van der Waals surface area contributed by atoms with Crippen molar-refractivity contribution in [2.45, 2.75) is 140 Å². The van der Waals surface area contributed by atoms with Gasteiger partial charge in [0.15, 0.2) is 0 Å². The first kappa shape index (κ1) is 55.1. The number of morpholine rings is 1. The van der Waals surface area contributed by atoms with Crippen LogP contribution in [0, 0.1) is 11.3 Å². The Labute approximate surface area is 443 Å². The number of piperidine rings is 1. The van der Waals surface area contributed by atoms with Crippen LogP contribution in [0.25, 0.3) is 22.2 Å². The molecule has 0 unspecified atom stereocenters. The number of likely N-dealkylation sites (tertiary alicyclic amines) is 1. The predicted octanol–water partition coefficient (Wildman–Crippen LogP) is 4.60. The van der Waals surface area contributed by atoms with Gasteiger partial charge < -0.3 is 48.4 Å². The Hall–Kier alpha value is -5.13. The van der Waals surface area contributed by atoms with Crippen LogP contribution in [0.1, 0.15) is 98.8 Å². The van der Waals surface area contributed by atoms with E-state index in [0.29, 0.717) is 78.0 Å². The van der Waals surface area contributed by atoms with Crippen LogP contribution in [0.4, 0.5) is 10.5 Å². The quantitative estimate of drug-likeness (QED) is 0.173. The van der Waals surface area contributed by atoms with Crippen LogP contribution in [0.2, 0.25) is 0 Å². The van der Waals surface area contributed by atoms with Gasteiger partial charge in [-0.1, -0.05) is 34.3 Å². The largest absolute Gasteiger partial charge is 0.464 e. The molecule has 18 nitrogen and oxygen atoms in total. The summed E-state index contributed by atoms with van der Waals surface area (Å²) in [6, 6.07) is 8.37. The van der Waals surface area contributed by atoms with Crippen LogP contribution in [0.5, 0.6) is 0 Å². The fourth-order valence-electron chi connectivity index (χ4n) is 11.8. The fraction of sp³-hybridized carbons (Fsp3) is 0.630. The van der Waals surface area contributed by atoms with Gasteiger partial charge in [0.1, 0.15) is 23.0 Å². The van der Waals surface area contributed by atoms with Gasteiger partial charge in [0.05, 0.1) is 68.6 Å². The van der Waals surface area contributed by atoms with E-state index in [4.69, 9.17) is 23.9 Å². The van der Waals surface area contributed by atoms with Gasteiger partial charge in [-0.3, -0.25) is 29.2 Å². The second kappa shape index (κ2) is 21.1. The average molecular weight is 1050 g/mol. The zero-order valence-electron chi connectivity index (χ0n) is 45.0. The zero-order chi connectivity index (χ0) is 53.7. The first-order valence-electron chi connectivity index (χ1n) is 26.1. The van der Waals surface area contributed by atoms with E-state index in [0.717, 1.165) is 39.1 Å². The molecule has 1 aromatic carbocycles. The molecule has 2 aromatic heterocycles. The lowest BCUT2D eigenvalue weighted by Crippen LogP contribution is -2.69. The van der Waals surface area contributed by atoms with Crippen molar-refractivity contribution in [2.75, 3.05) is 71.5 Å². The minimum absolute atomic E-state index is 0.0170. The number of amides is 5. The summed E-state index contributed by atoms with van der Waals surface area (Å²) in [4.78, 5) is 83.2. The molecule has 6 bridgehead atoms. The molecule has 8 rings (SSSR count). The van der Waals surface area contributed by atoms with Crippen molar-refractivity contribution < 1.29 is 42.9 Å². The number of urea groups is 1. The molecule has 2 N–H and O–H groups in total. The number of pyridine rings is 1. The molecule has 6 radical (unpaired) electrons. The van der Waals surface area contributed by atoms with Crippen molar-refractivity contribution in [3.8, 4) is 11.3 Å². The third-order valence-corrected chi connectivity index (χ3v) is 16.7. The molecule has 4 saturated heterocycles. The number of aromatic nitrogens is 2. The number of nitrogens with zero attached hydrogens (tertiary/aromatic N) is 7. The number of esters is 1. The predicted molar refractivity (Wildman–Crippen MR) is 283 cm³/mol. The summed E-state index contributed by atoms with van der Waals surface area (Å²) in [5.41, 5.74) is 6.94. The van der Waals surface area contributed by atoms with E-state index in [1.54, 1.807) is 30.2 Å². The topological polar surface area (TPSA) is 180 Å². The lowest BCUT2D eigenvalue weighted by Gasteiger charge is -2.44. The van der Waals surface area contributed by atoms with Crippen LogP contribution in [-0.4, -0.2) is 181 Å². The Balaban J connectivity index is 1.11. The number of anilines is 1. The number of aryl methyl sites for hydroxylation is 1. The number of nitrogens with one attached hydrogen (secondary N) is 2. The number of carbonyl (C=O) groups excluding carboxylic acids is 5. The number of hydrogen-bond donors (Lipinski definition) is 2. The molecular weight excluding hydrogens is 975 g/mol. The Morgan fingerprint density at radius 2 is 1.84 bits per heavy atom. The summed E-state index contributed by atoms with van der Waals surface area (Å²) in [6.07, 6.45) is 5.02. The normalized spacial score (nSPS) is 25.3. The van der Waals surface area contributed by atoms with E-state index >= 15 is 4.79 Å². The van der Waals surface area contributed by atoms with Gasteiger partial charge in [0.25, 0.3) is 5.91 Å². The lowest BCUT2D eigenvalue weighted by atomic mass is 9.84. The molecule has 4 fully saturated rings. The standard InChI is InChI=1S/C54H75N9O9Si2/c1-12-42(64)62-32-53(72-51(62,7)8)20-24-59(25-21-53)49(68)58(10)43(34(3)4)46(65)56-54(74)29-36-31-60(26-27-70-36)35-18-19-41-38(28-35)39(44(61(41)13-2)37-16-14-22-55-45(37)52(9,73)69-11)30-50(5,6)33-71-47(66)40-17-15-23-63(57-40)48(54)67/h12,14,16,18-19,22,28,34,36,40,43,57H,1,13,15,17,20-21,23-27,29-33H2,2-11H3,(H,56,65)/t36-,40-,43-,52+,54+/m0/s1. The lowest BCUT2D eigenvalue weighted by molar-refractivity contribution is -0.156. The second-order valence-corrected chi connectivity index (χ2v) is 24.4. The highest BCUT2D eigenvalue weighted by Crippen LogP contribution is 2.44. The number of methoxy groups -OCH3 is 1. The Kier molecular flexibility index (Phi) is 15.7. The van der Waals surface area contributed by atoms with Crippen LogP contribution < -0.4 is 15.6 Å². The number of ether oxygens (including phenoxy) is 4. The smallest absolute Gasteiger partial charge is 0.324 e. The summed E-state index contributed by atoms with van der Waals surface area (Å²) in [7, 11) is 11.0. The van der Waals surface area contributed by atoms with E-state index in [1.807, 2.05) is 40.7 Å². The summed E-state index contributed by atoms with van der Waals surface area (Å²) in [5, 5.41) is 2.91. The Morgan fingerprint density at radius 3 is 2.51 bits per heavy atom. The number of hydrogen-bond acceptors (Lipinski definition) is 12. The molecule has 7 heterocycles. The average Bonchev–Trinajstić information content (AvgIpc) is 3.82. The number of fused-ring (bicyclic) bond motifs is 6. The van der Waals surface area contributed by atoms with Crippen molar-refractivity contribution in [1.82, 2.24) is 40.0 Å². The minimum Gasteiger partial charge on any atom is -0.464 e. The third kappa shape index (κ3) is 10.8. The number of rotatable bonds is 9. The third-order valence-electron chi connectivity index (χ3n) is 15.7. The number of hydrazine groups is 1. The Morgan fingerprint density at radius 1 is 1.11 bits per heavy atom. The molecule has 5 amide bonds. The Bertz CT molecular complexity index is 2650. The van der Waals surface area contributed by atoms with Crippen LogP contribution in [0.3, 0.4) is 0 Å². The molecule has 1 spiro atoms. The first-order chi connectivity index (χ1) is 34.9. The van der Waals surface area contributed by atoms with E-state index in [9.17, 15) is 19.2 Å². The van der Waals surface area contributed by atoms with E-state index in [1.165, 1.54) is 16.0 Å². The number of carbonyl (C=O) groups is 5. The highest BCUT2D eigenvalue weighted by molar-refractivity contribution is 6.29. The van der Waals surface area contributed by atoms with Gasteiger partial charge in [0.2, 0.25) is 11.8 Å². The van der Waals surface area contributed by atoms with E-state index in [2.05, 4.69) is 92.3 Å². The molecule has 0 saturated carbocycles. The second-order valence-electron chi connectivity index (χ2n) is 22.6. The minimum atomic E-state index is -1.75. The van der Waals surface area contributed by atoms with Crippen molar-refractivity contribution in [3.05, 3.63) is 60.4 Å². The molecular formula is C54H75N9O9Si2. The SMILES string of the molecule is C=CC(=O)N1CC2(CCN(C(=O)N(C)[C@H](C(=O)N[C@@]3([Si])C[C@H]4CN(CCO4)c4ccc5c(c4)c(c(-c4cccnc4[C@@](C)([Si])OC)n5CC)CC(C)(C)COC(=O)[C@@H]4CCCN(N4)C3=O)C(C)C)CC2)OC1(C)C. The van der Waals surface area contributed by atoms with E-state index < -0.39 is 63.1 Å². The maximum Gasteiger partial charge on any atom is 0.324 e. The summed E-state index contributed by atoms with van der Waals surface area (Å²) in [6.45, 7) is 22.9. The molecule has 398 valence electrons. The van der Waals surface area contributed by atoms with E-state index in [-0.39, 0.29) is 37.4 Å². The summed E-state index contributed by atoms with van der Waals surface area (Å²) >= 11 is 0. The summed E-state index contributed by atoms with van der Waals surface area (Å²) in [5.74, 6) is -2.10. The first-order valence-corrected chi connectivity index (χ1v) is 27.1. The molecule has 5 aliphatic heterocycles. The van der Waals surface area contributed by atoms with Crippen molar-refractivity contribution in [1.29, 1.82) is 0 Å². The van der Waals surface area contributed by atoms with Gasteiger partial charge in [-0.15, -0.1) is 0 Å². The highest BCUT2D eigenvalue weighted by Gasteiger charge is 2.53. The highest BCUT2D eigenvalue weighted by atomic mass is 28.1. The molecule has 5 aliphatic rings. The zero-order valence-corrected chi connectivity index (χ0v) is 47.0.